The van der Waals surface area contributed by atoms with Gasteiger partial charge in [-0.1, -0.05) is 53.3 Å². The third-order valence-corrected chi connectivity index (χ3v) is 6.12. The number of amides is 2. The Morgan fingerprint density at radius 1 is 1.23 bits per heavy atom. The number of benzene rings is 2. The minimum atomic E-state index is -0.318. The summed E-state index contributed by atoms with van der Waals surface area (Å²) in [6, 6.07) is 15.1. The third kappa shape index (κ3) is 4.58. The van der Waals surface area contributed by atoms with Crippen molar-refractivity contribution in [3.8, 4) is 0 Å². The van der Waals surface area contributed by atoms with Crippen LogP contribution in [-0.4, -0.2) is 28.6 Å². The molecule has 2 heterocycles. The molecule has 0 radical (unpaired) electrons. The van der Waals surface area contributed by atoms with Crippen LogP contribution in [0.25, 0.3) is 6.08 Å². The van der Waals surface area contributed by atoms with E-state index < -0.39 is 0 Å². The summed E-state index contributed by atoms with van der Waals surface area (Å²) < 4.78 is 0. The van der Waals surface area contributed by atoms with Crippen LogP contribution in [0.15, 0.2) is 54.6 Å². The van der Waals surface area contributed by atoms with Crippen molar-refractivity contribution < 1.29 is 9.59 Å². The molecule has 4 rings (SSSR count). The maximum atomic E-state index is 12.5. The van der Waals surface area contributed by atoms with Gasteiger partial charge in [0.05, 0.1) is 0 Å². The van der Waals surface area contributed by atoms with Crippen LogP contribution in [0.2, 0.25) is 5.02 Å². The highest BCUT2D eigenvalue weighted by atomic mass is 35.5. The maximum absolute atomic E-state index is 12.5. The number of halogens is 1. The van der Waals surface area contributed by atoms with Crippen LogP contribution < -0.4 is 10.2 Å². The normalized spacial score (nSPS) is 16.4. The molecule has 1 atom stereocenters. The Morgan fingerprint density at radius 2 is 2.07 bits per heavy atom. The van der Waals surface area contributed by atoms with Crippen molar-refractivity contribution in [2.45, 2.75) is 19.3 Å². The number of nitrogens with one attached hydrogen (secondary N) is 1. The summed E-state index contributed by atoms with van der Waals surface area (Å²) in [4.78, 5) is 26.5. The molecule has 1 aromatic heterocycles. The quantitative estimate of drug-likeness (QED) is 0.587. The second-order valence-electron chi connectivity index (χ2n) is 7.03. The van der Waals surface area contributed by atoms with E-state index in [-0.39, 0.29) is 17.7 Å². The number of hydrogen-bond acceptors (Lipinski definition) is 5. The van der Waals surface area contributed by atoms with E-state index in [0.717, 1.165) is 21.8 Å². The molecule has 1 aliphatic rings. The average Bonchev–Trinajstić information content (AvgIpc) is 3.34. The van der Waals surface area contributed by atoms with Crippen molar-refractivity contribution >= 4 is 51.6 Å². The Morgan fingerprint density at radius 3 is 2.87 bits per heavy atom. The Kier molecular flexibility index (Phi) is 5.92. The Bertz CT molecular complexity index is 1130. The SMILES string of the molecule is Cc1cccc(N2CC(c3nnc(NC(=O)/C=C/c4ccccc4Cl)s3)CC2=O)c1. The lowest BCUT2D eigenvalue weighted by molar-refractivity contribution is -0.117. The van der Waals surface area contributed by atoms with Gasteiger partial charge in [0.2, 0.25) is 16.9 Å². The van der Waals surface area contributed by atoms with Crippen LogP contribution in [0.1, 0.15) is 28.5 Å². The van der Waals surface area contributed by atoms with E-state index in [1.165, 1.54) is 17.4 Å². The van der Waals surface area contributed by atoms with E-state index in [2.05, 4.69) is 15.5 Å². The Labute approximate surface area is 183 Å². The Balaban J connectivity index is 1.40. The van der Waals surface area contributed by atoms with E-state index in [9.17, 15) is 9.59 Å². The highest BCUT2D eigenvalue weighted by Crippen LogP contribution is 2.34. The summed E-state index contributed by atoms with van der Waals surface area (Å²) in [7, 11) is 0. The zero-order valence-corrected chi connectivity index (χ0v) is 17.8. The summed E-state index contributed by atoms with van der Waals surface area (Å²) in [6.07, 6.45) is 3.43. The summed E-state index contributed by atoms with van der Waals surface area (Å²) >= 11 is 7.38. The monoisotopic (exact) mass is 438 g/mol. The van der Waals surface area contributed by atoms with Gasteiger partial charge in [0.1, 0.15) is 5.01 Å². The number of aromatic nitrogens is 2. The van der Waals surface area contributed by atoms with Gasteiger partial charge in [-0.25, -0.2) is 0 Å². The molecule has 1 N–H and O–H groups in total. The number of anilines is 2. The molecule has 30 heavy (non-hydrogen) atoms. The molecule has 0 aliphatic carbocycles. The minimum absolute atomic E-state index is 0.0418. The zero-order chi connectivity index (χ0) is 21.1. The smallest absolute Gasteiger partial charge is 0.250 e. The second-order valence-corrected chi connectivity index (χ2v) is 8.45. The van der Waals surface area contributed by atoms with Crippen LogP contribution in [0, 0.1) is 6.92 Å². The molecule has 0 saturated carbocycles. The molecule has 152 valence electrons. The summed E-state index contributed by atoms with van der Waals surface area (Å²) in [5.41, 5.74) is 2.76. The van der Waals surface area contributed by atoms with Crippen molar-refractivity contribution in [3.05, 3.63) is 75.8 Å². The molecule has 2 aromatic carbocycles. The van der Waals surface area contributed by atoms with Crippen LogP contribution in [0.4, 0.5) is 10.8 Å². The second kappa shape index (κ2) is 8.77. The van der Waals surface area contributed by atoms with Gasteiger partial charge in [0, 0.05) is 35.7 Å². The van der Waals surface area contributed by atoms with Crippen LogP contribution in [-0.2, 0) is 9.59 Å². The largest absolute Gasteiger partial charge is 0.312 e. The van der Waals surface area contributed by atoms with E-state index in [1.54, 1.807) is 17.0 Å². The number of rotatable bonds is 5. The lowest BCUT2D eigenvalue weighted by Crippen LogP contribution is -2.24. The topological polar surface area (TPSA) is 75.2 Å². The van der Waals surface area contributed by atoms with Gasteiger partial charge in [-0.05, 0) is 42.3 Å². The van der Waals surface area contributed by atoms with Gasteiger partial charge in [0.15, 0.2) is 0 Å². The van der Waals surface area contributed by atoms with Crippen molar-refractivity contribution in [3.63, 3.8) is 0 Å². The maximum Gasteiger partial charge on any atom is 0.250 e. The molecule has 1 fully saturated rings. The fourth-order valence-corrected chi connectivity index (χ4v) is 4.33. The fraction of sp³-hybridized carbons (Fsp3) is 0.182. The molecular weight excluding hydrogens is 420 g/mol. The van der Waals surface area contributed by atoms with Crippen molar-refractivity contribution in [1.29, 1.82) is 0 Å². The molecule has 1 saturated heterocycles. The van der Waals surface area contributed by atoms with E-state index >= 15 is 0 Å². The van der Waals surface area contributed by atoms with Gasteiger partial charge >= 0.3 is 0 Å². The van der Waals surface area contributed by atoms with Crippen molar-refractivity contribution in [2.24, 2.45) is 0 Å². The first-order valence-corrected chi connectivity index (χ1v) is 10.6. The third-order valence-electron chi connectivity index (χ3n) is 4.78. The fourth-order valence-electron chi connectivity index (χ4n) is 3.29. The standard InChI is InChI=1S/C22H19ClN4O2S/c1-14-5-4-7-17(11-14)27-13-16(12-20(27)29)21-25-26-22(30-21)24-19(28)10-9-15-6-2-3-8-18(15)23/h2-11,16H,12-13H2,1H3,(H,24,26,28)/b10-9+. The first-order chi connectivity index (χ1) is 14.5. The molecule has 0 bridgehead atoms. The number of nitrogens with zero attached hydrogens (tertiary/aromatic N) is 3. The molecule has 1 unspecified atom stereocenters. The zero-order valence-electron chi connectivity index (χ0n) is 16.2. The summed E-state index contributed by atoms with van der Waals surface area (Å²) in [5, 5.41) is 12.7. The van der Waals surface area contributed by atoms with Gasteiger partial charge < -0.3 is 4.90 Å². The molecule has 6 nitrogen and oxygen atoms in total. The van der Waals surface area contributed by atoms with Crippen molar-refractivity contribution in [2.75, 3.05) is 16.8 Å². The first kappa shape index (κ1) is 20.3. The van der Waals surface area contributed by atoms with Crippen LogP contribution in [0.3, 0.4) is 0 Å². The molecule has 2 amide bonds. The van der Waals surface area contributed by atoms with Crippen molar-refractivity contribution in [1.82, 2.24) is 10.2 Å². The average molecular weight is 439 g/mol. The van der Waals surface area contributed by atoms with Gasteiger partial charge in [-0.3, -0.25) is 14.9 Å². The number of carbonyl (C=O) groups is 2. The van der Waals surface area contributed by atoms with Crippen LogP contribution in [0.5, 0.6) is 0 Å². The van der Waals surface area contributed by atoms with Gasteiger partial charge in [0.25, 0.3) is 0 Å². The summed E-state index contributed by atoms with van der Waals surface area (Å²) in [5.74, 6) is -0.296. The van der Waals surface area contributed by atoms with Gasteiger partial charge in [-0.2, -0.15) is 0 Å². The van der Waals surface area contributed by atoms with Crippen LogP contribution >= 0.6 is 22.9 Å². The predicted molar refractivity (Wildman–Crippen MR) is 120 cm³/mol. The lowest BCUT2D eigenvalue weighted by atomic mass is 10.1. The predicted octanol–water partition coefficient (Wildman–Crippen LogP) is 4.67. The summed E-state index contributed by atoms with van der Waals surface area (Å²) in [6.45, 7) is 2.55. The number of aryl methyl sites for hydroxylation is 1. The van der Waals surface area contributed by atoms with Gasteiger partial charge in [-0.15, -0.1) is 10.2 Å². The van der Waals surface area contributed by atoms with E-state index in [4.69, 9.17) is 11.6 Å². The lowest BCUT2D eigenvalue weighted by Gasteiger charge is -2.16. The molecular formula is C22H19ClN4O2S. The highest BCUT2D eigenvalue weighted by Gasteiger charge is 2.34. The molecule has 1 aliphatic heterocycles. The highest BCUT2D eigenvalue weighted by molar-refractivity contribution is 7.15. The Hall–Kier alpha value is -3.03. The number of carbonyl (C=O) groups excluding carboxylic acids is 2. The molecule has 3 aromatic rings. The number of hydrogen-bond donors (Lipinski definition) is 1. The first-order valence-electron chi connectivity index (χ1n) is 9.43. The molecule has 8 heteroatoms. The minimum Gasteiger partial charge on any atom is -0.312 e. The molecule has 0 spiro atoms. The van der Waals surface area contributed by atoms with E-state index in [1.807, 2.05) is 49.4 Å². The van der Waals surface area contributed by atoms with E-state index in [0.29, 0.717) is 23.1 Å².